The molecule has 0 radical (unpaired) electrons. The van der Waals surface area contributed by atoms with Gasteiger partial charge in [-0.1, -0.05) is 29.8 Å². The lowest BCUT2D eigenvalue weighted by Crippen LogP contribution is -2.48. The summed E-state index contributed by atoms with van der Waals surface area (Å²) in [7, 11) is 0. The Kier molecular flexibility index (Phi) is 5.05. The van der Waals surface area contributed by atoms with Crippen LogP contribution < -0.4 is 4.90 Å². The molecule has 1 aliphatic heterocycles. The molecular formula is C21H20ClFN4O. The van der Waals surface area contributed by atoms with Crippen molar-refractivity contribution in [2.75, 3.05) is 31.1 Å². The Morgan fingerprint density at radius 3 is 2.54 bits per heavy atom. The smallest absolute Gasteiger partial charge is 0.257 e. The molecule has 144 valence electrons. The molecule has 0 bridgehead atoms. The molecule has 3 aromatic rings. The number of hydrogen-bond donors (Lipinski definition) is 0. The van der Waals surface area contributed by atoms with Gasteiger partial charge in [-0.3, -0.25) is 4.79 Å². The van der Waals surface area contributed by atoms with E-state index in [1.54, 1.807) is 25.1 Å². The fraction of sp³-hybridized carbons (Fsp3) is 0.238. The summed E-state index contributed by atoms with van der Waals surface area (Å²) < 4.78 is 15.6. The quantitative estimate of drug-likeness (QED) is 0.671. The lowest BCUT2D eigenvalue weighted by atomic mass is 10.2. The van der Waals surface area contributed by atoms with Crippen LogP contribution in [0.3, 0.4) is 0 Å². The number of benzene rings is 2. The largest absolute Gasteiger partial charge is 0.368 e. The van der Waals surface area contributed by atoms with Gasteiger partial charge in [0.2, 0.25) is 0 Å². The summed E-state index contributed by atoms with van der Waals surface area (Å²) in [6, 6.07) is 14.1. The van der Waals surface area contributed by atoms with E-state index in [0.29, 0.717) is 35.1 Å². The molecule has 0 atom stereocenters. The molecule has 1 aliphatic rings. The van der Waals surface area contributed by atoms with E-state index in [1.165, 1.54) is 16.9 Å². The molecular weight excluding hydrogens is 379 g/mol. The number of nitrogens with zero attached hydrogens (tertiary/aromatic N) is 4. The molecule has 0 saturated carbocycles. The van der Waals surface area contributed by atoms with Gasteiger partial charge in [-0.25, -0.2) is 9.07 Å². The van der Waals surface area contributed by atoms with Gasteiger partial charge in [0, 0.05) is 36.9 Å². The van der Waals surface area contributed by atoms with Gasteiger partial charge >= 0.3 is 0 Å². The maximum absolute atomic E-state index is 14.1. The van der Waals surface area contributed by atoms with E-state index < -0.39 is 0 Å². The minimum Gasteiger partial charge on any atom is -0.368 e. The molecule has 0 N–H and O–H groups in total. The number of halogens is 2. The van der Waals surface area contributed by atoms with Crippen molar-refractivity contribution in [2.24, 2.45) is 0 Å². The predicted octanol–water partition coefficient (Wildman–Crippen LogP) is 3.94. The molecule has 7 heteroatoms. The lowest BCUT2D eigenvalue weighted by molar-refractivity contribution is 0.0746. The van der Waals surface area contributed by atoms with Crippen LogP contribution in [0.4, 0.5) is 10.1 Å². The SMILES string of the molecule is Cc1c(C(=O)N2CCN(c3cccc(Cl)c3)CC2)cnn1-c1ccccc1F. The Bertz CT molecular complexity index is 1010. The third kappa shape index (κ3) is 3.47. The first-order valence-corrected chi connectivity index (χ1v) is 9.51. The second kappa shape index (κ2) is 7.64. The fourth-order valence-electron chi connectivity index (χ4n) is 3.50. The van der Waals surface area contributed by atoms with Gasteiger partial charge in [-0.15, -0.1) is 0 Å². The maximum Gasteiger partial charge on any atom is 0.257 e. The van der Waals surface area contributed by atoms with Crippen LogP contribution in [0.1, 0.15) is 16.1 Å². The topological polar surface area (TPSA) is 41.4 Å². The zero-order valence-corrected chi connectivity index (χ0v) is 16.2. The molecule has 28 heavy (non-hydrogen) atoms. The number of aromatic nitrogens is 2. The number of anilines is 1. The van der Waals surface area contributed by atoms with Crippen molar-refractivity contribution in [3.63, 3.8) is 0 Å². The predicted molar refractivity (Wildman–Crippen MR) is 108 cm³/mol. The Morgan fingerprint density at radius 1 is 1.07 bits per heavy atom. The number of carbonyl (C=O) groups excluding carboxylic acids is 1. The molecule has 4 rings (SSSR count). The molecule has 0 unspecified atom stereocenters. The van der Waals surface area contributed by atoms with Gasteiger partial charge in [-0.2, -0.15) is 5.10 Å². The van der Waals surface area contributed by atoms with E-state index in [9.17, 15) is 9.18 Å². The first-order valence-electron chi connectivity index (χ1n) is 9.14. The molecule has 5 nitrogen and oxygen atoms in total. The summed E-state index contributed by atoms with van der Waals surface area (Å²) in [6.07, 6.45) is 1.52. The maximum atomic E-state index is 14.1. The van der Waals surface area contributed by atoms with Crippen LogP contribution >= 0.6 is 11.6 Å². The summed E-state index contributed by atoms with van der Waals surface area (Å²) >= 11 is 6.08. The highest BCUT2D eigenvalue weighted by Gasteiger charge is 2.25. The summed E-state index contributed by atoms with van der Waals surface area (Å²) in [4.78, 5) is 17.0. The van der Waals surface area contributed by atoms with E-state index in [1.807, 2.05) is 29.2 Å². The van der Waals surface area contributed by atoms with Gasteiger partial charge in [0.15, 0.2) is 0 Å². The molecule has 1 aromatic heterocycles. The van der Waals surface area contributed by atoms with E-state index >= 15 is 0 Å². The van der Waals surface area contributed by atoms with Crippen LogP contribution in [0.15, 0.2) is 54.7 Å². The van der Waals surface area contributed by atoms with Crippen molar-refractivity contribution < 1.29 is 9.18 Å². The number of amides is 1. The molecule has 1 amide bonds. The Labute approximate surface area is 167 Å². The third-order valence-electron chi connectivity index (χ3n) is 5.06. The normalized spacial score (nSPS) is 14.4. The molecule has 2 heterocycles. The zero-order valence-electron chi connectivity index (χ0n) is 15.5. The molecule has 2 aromatic carbocycles. The highest BCUT2D eigenvalue weighted by Crippen LogP contribution is 2.22. The average molecular weight is 399 g/mol. The number of para-hydroxylation sites is 1. The third-order valence-corrected chi connectivity index (χ3v) is 5.30. The van der Waals surface area contributed by atoms with Crippen molar-refractivity contribution >= 4 is 23.2 Å². The van der Waals surface area contributed by atoms with E-state index in [-0.39, 0.29) is 11.7 Å². The minimum absolute atomic E-state index is 0.0779. The zero-order chi connectivity index (χ0) is 19.7. The van der Waals surface area contributed by atoms with Crippen molar-refractivity contribution in [1.29, 1.82) is 0 Å². The van der Waals surface area contributed by atoms with E-state index in [4.69, 9.17) is 11.6 Å². The number of hydrogen-bond acceptors (Lipinski definition) is 3. The van der Waals surface area contributed by atoms with Crippen LogP contribution in [0.25, 0.3) is 5.69 Å². The number of piperazine rings is 1. The summed E-state index contributed by atoms with van der Waals surface area (Å²) in [5.41, 5.74) is 2.53. The molecule has 0 spiro atoms. The van der Waals surface area contributed by atoms with Gasteiger partial charge in [-0.05, 0) is 37.3 Å². The Balaban J connectivity index is 1.48. The van der Waals surface area contributed by atoms with Crippen LogP contribution in [0, 0.1) is 12.7 Å². The summed E-state index contributed by atoms with van der Waals surface area (Å²) in [6.45, 7) is 4.46. The summed E-state index contributed by atoms with van der Waals surface area (Å²) in [5, 5.41) is 4.94. The van der Waals surface area contributed by atoms with Gasteiger partial charge in [0.05, 0.1) is 17.5 Å². The van der Waals surface area contributed by atoms with Crippen molar-refractivity contribution in [1.82, 2.24) is 14.7 Å². The van der Waals surface area contributed by atoms with Crippen LogP contribution in [0.2, 0.25) is 5.02 Å². The second-order valence-electron chi connectivity index (χ2n) is 6.77. The lowest BCUT2D eigenvalue weighted by Gasteiger charge is -2.36. The van der Waals surface area contributed by atoms with Crippen molar-refractivity contribution in [3.05, 3.63) is 76.8 Å². The molecule has 1 saturated heterocycles. The Hall–Kier alpha value is -2.86. The van der Waals surface area contributed by atoms with Crippen LogP contribution in [0.5, 0.6) is 0 Å². The minimum atomic E-state index is -0.372. The van der Waals surface area contributed by atoms with Crippen LogP contribution in [-0.4, -0.2) is 46.8 Å². The first-order chi connectivity index (χ1) is 13.5. The summed E-state index contributed by atoms with van der Waals surface area (Å²) in [5.74, 6) is -0.450. The van der Waals surface area contributed by atoms with Gasteiger partial charge < -0.3 is 9.80 Å². The number of carbonyl (C=O) groups is 1. The van der Waals surface area contributed by atoms with E-state index in [2.05, 4.69) is 10.00 Å². The highest BCUT2D eigenvalue weighted by atomic mass is 35.5. The highest BCUT2D eigenvalue weighted by molar-refractivity contribution is 6.30. The second-order valence-corrected chi connectivity index (χ2v) is 7.20. The van der Waals surface area contributed by atoms with Gasteiger partial charge in [0.1, 0.15) is 11.5 Å². The van der Waals surface area contributed by atoms with Crippen LogP contribution in [-0.2, 0) is 0 Å². The van der Waals surface area contributed by atoms with Crippen molar-refractivity contribution in [3.8, 4) is 5.69 Å². The average Bonchev–Trinajstić information content (AvgIpc) is 3.09. The standard InChI is InChI=1S/C21H20ClFN4O/c1-15-18(14-24-27(15)20-8-3-2-7-19(20)23)21(28)26-11-9-25(10-12-26)17-6-4-5-16(22)13-17/h2-8,13-14H,9-12H2,1H3. The fourth-order valence-corrected chi connectivity index (χ4v) is 3.68. The van der Waals surface area contributed by atoms with E-state index in [0.717, 1.165) is 18.8 Å². The molecule has 0 aliphatic carbocycles. The Morgan fingerprint density at radius 2 is 1.82 bits per heavy atom. The number of rotatable bonds is 3. The first kappa shape index (κ1) is 18.5. The molecule has 1 fully saturated rings. The van der Waals surface area contributed by atoms with Gasteiger partial charge in [0.25, 0.3) is 5.91 Å². The monoisotopic (exact) mass is 398 g/mol. The van der Waals surface area contributed by atoms with Crippen molar-refractivity contribution in [2.45, 2.75) is 6.92 Å².